The molecule has 0 fully saturated rings. The highest BCUT2D eigenvalue weighted by Gasteiger charge is 2.05. The zero-order valence-corrected chi connectivity index (χ0v) is 16.0. The summed E-state index contributed by atoms with van der Waals surface area (Å²) < 4.78 is 10.5. The number of hydrazone groups is 2. The lowest BCUT2D eigenvalue weighted by atomic mass is 10.3. The van der Waals surface area contributed by atoms with Crippen molar-refractivity contribution in [2.45, 2.75) is 0 Å². The maximum absolute atomic E-state index is 11.6. The van der Waals surface area contributed by atoms with Gasteiger partial charge in [-0.15, -0.1) is 0 Å². The summed E-state index contributed by atoms with van der Waals surface area (Å²) in [4.78, 5) is 23.2. The highest BCUT2D eigenvalue weighted by atomic mass is 35.5. The van der Waals surface area contributed by atoms with Gasteiger partial charge in [-0.2, -0.15) is 10.2 Å². The molecule has 0 radical (unpaired) electrons. The molecule has 28 heavy (non-hydrogen) atoms. The van der Waals surface area contributed by atoms with Crippen LogP contribution in [-0.2, 0) is 9.59 Å². The Morgan fingerprint density at radius 2 is 1.18 bits per heavy atom. The molecule has 0 heterocycles. The molecular weight excluding hydrogens is 407 g/mol. The van der Waals surface area contributed by atoms with Crippen LogP contribution in [0.15, 0.2) is 58.7 Å². The smallest absolute Gasteiger partial charge is 0.277 e. The molecule has 0 spiro atoms. The van der Waals surface area contributed by atoms with Gasteiger partial charge in [-0.3, -0.25) is 9.59 Å². The standard InChI is InChI=1S/C18H16Cl2N4O4/c19-13-5-1-3-7-15(13)27-11-17(25)23-21-9-10-22-24-18(26)12-28-16-8-4-2-6-14(16)20/h1-10H,11-12H2,(H,23,25)(H,24,26)/b21-9+,22-10+. The molecule has 0 aliphatic carbocycles. The number of carbonyl (C=O) groups is 2. The molecule has 2 rings (SSSR count). The molecule has 0 unspecified atom stereocenters. The third-order valence-electron chi connectivity index (χ3n) is 2.99. The molecule has 0 saturated carbocycles. The number of carbonyl (C=O) groups excluding carboxylic acids is 2. The quantitative estimate of drug-likeness (QED) is 0.478. The van der Waals surface area contributed by atoms with E-state index in [9.17, 15) is 9.59 Å². The van der Waals surface area contributed by atoms with Crippen LogP contribution in [-0.4, -0.2) is 37.5 Å². The predicted molar refractivity (Wildman–Crippen MR) is 107 cm³/mol. The Hall–Kier alpha value is -3.10. The molecule has 0 bridgehead atoms. The third kappa shape index (κ3) is 7.65. The minimum Gasteiger partial charge on any atom is -0.482 e. The minimum absolute atomic E-state index is 0.256. The fourth-order valence-corrected chi connectivity index (χ4v) is 2.14. The van der Waals surface area contributed by atoms with Crippen LogP contribution in [0.2, 0.25) is 10.0 Å². The molecule has 0 atom stereocenters. The second kappa shape index (κ2) is 11.6. The summed E-state index contributed by atoms with van der Waals surface area (Å²) in [5, 5.41) is 8.05. The Balaban J connectivity index is 1.62. The number of benzene rings is 2. The van der Waals surface area contributed by atoms with Gasteiger partial charge in [0, 0.05) is 0 Å². The lowest BCUT2D eigenvalue weighted by Gasteiger charge is -2.06. The van der Waals surface area contributed by atoms with Crippen molar-refractivity contribution < 1.29 is 19.1 Å². The number of nitrogens with one attached hydrogen (secondary N) is 2. The second-order valence-corrected chi connectivity index (χ2v) is 5.88. The van der Waals surface area contributed by atoms with E-state index < -0.39 is 11.8 Å². The fraction of sp³-hybridized carbons (Fsp3) is 0.111. The van der Waals surface area contributed by atoms with Gasteiger partial charge in [0.1, 0.15) is 11.5 Å². The van der Waals surface area contributed by atoms with Crippen molar-refractivity contribution in [3.63, 3.8) is 0 Å². The van der Waals surface area contributed by atoms with Gasteiger partial charge in [0.05, 0.1) is 22.5 Å². The summed E-state index contributed by atoms with van der Waals surface area (Å²) in [5.74, 6) is -0.179. The Morgan fingerprint density at radius 1 is 0.786 bits per heavy atom. The number of rotatable bonds is 9. The number of ether oxygens (including phenoxy) is 2. The second-order valence-electron chi connectivity index (χ2n) is 5.06. The monoisotopic (exact) mass is 422 g/mol. The highest BCUT2D eigenvalue weighted by Crippen LogP contribution is 2.23. The van der Waals surface area contributed by atoms with Crippen LogP contribution < -0.4 is 20.3 Å². The zero-order valence-electron chi connectivity index (χ0n) is 14.5. The molecule has 2 amide bonds. The van der Waals surface area contributed by atoms with E-state index in [-0.39, 0.29) is 13.2 Å². The number of hydrogen-bond acceptors (Lipinski definition) is 6. The van der Waals surface area contributed by atoms with Gasteiger partial charge >= 0.3 is 0 Å². The summed E-state index contributed by atoms with van der Waals surface area (Å²) >= 11 is 11.8. The van der Waals surface area contributed by atoms with Crippen molar-refractivity contribution in [1.82, 2.24) is 10.9 Å². The Kier molecular flexibility index (Phi) is 8.77. The van der Waals surface area contributed by atoms with Crippen molar-refractivity contribution in [3.8, 4) is 11.5 Å². The van der Waals surface area contributed by atoms with Gasteiger partial charge in [-0.05, 0) is 24.3 Å². The zero-order chi connectivity index (χ0) is 20.2. The third-order valence-corrected chi connectivity index (χ3v) is 3.61. The summed E-state index contributed by atoms with van der Waals surface area (Å²) in [7, 11) is 0. The van der Waals surface area contributed by atoms with Gasteiger partial charge < -0.3 is 9.47 Å². The van der Waals surface area contributed by atoms with E-state index in [0.717, 1.165) is 0 Å². The van der Waals surface area contributed by atoms with Crippen LogP contribution in [0.4, 0.5) is 0 Å². The fourth-order valence-electron chi connectivity index (χ4n) is 1.76. The van der Waals surface area contributed by atoms with E-state index in [0.29, 0.717) is 21.5 Å². The van der Waals surface area contributed by atoms with Gasteiger partial charge in [0.15, 0.2) is 13.2 Å². The number of hydrogen-bond donors (Lipinski definition) is 2. The van der Waals surface area contributed by atoms with E-state index in [2.05, 4.69) is 21.1 Å². The van der Waals surface area contributed by atoms with E-state index >= 15 is 0 Å². The van der Waals surface area contributed by atoms with Crippen molar-refractivity contribution in [3.05, 3.63) is 58.6 Å². The van der Waals surface area contributed by atoms with Crippen LogP contribution in [0, 0.1) is 0 Å². The molecule has 0 saturated heterocycles. The van der Waals surface area contributed by atoms with E-state index in [4.69, 9.17) is 32.7 Å². The number of halogens is 2. The first-order valence-corrected chi connectivity index (χ1v) is 8.69. The van der Waals surface area contributed by atoms with Gasteiger partial charge in [0.2, 0.25) is 0 Å². The molecule has 0 aliphatic rings. The largest absolute Gasteiger partial charge is 0.482 e. The summed E-state index contributed by atoms with van der Waals surface area (Å²) in [6, 6.07) is 13.6. The normalized spacial score (nSPS) is 10.8. The lowest BCUT2D eigenvalue weighted by Crippen LogP contribution is -2.25. The first kappa shape index (κ1) is 21.2. The number of nitrogens with zero attached hydrogens (tertiary/aromatic N) is 2. The first-order chi connectivity index (χ1) is 13.6. The molecule has 146 valence electrons. The summed E-state index contributed by atoms with van der Waals surface area (Å²) in [6.45, 7) is -0.511. The van der Waals surface area contributed by atoms with Gasteiger partial charge in [-0.25, -0.2) is 10.9 Å². The van der Waals surface area contributed by atoms with Gasteiger partial charge in [-0.1, -0.05) is 47.5 Å². The molecule has 2 N–H and O–H groups in total. The van der Waals surface area contributed by atoms with Crippen LogP contribution in [0.1, 0.15) is 0 Å². The molecule has 8 nitrogen and oxygen atoms in total. The molecule has 2 aromatic carbocycles. The highest BCUT2D eigenvalue weighted by molar-refractivity contribution is 6.32. The van der Waals surface area contributed by atoms with Crippen molar-refractivity contribution in [2.75, 3.05) is 13.2 Å². The Bertz CT molecular complexity index is 803. The predicted octanol–water partition coefficient (Wildman–Crippen LogP) is 2.66. The topological polar surface area (TPSA) is 101 Å². The van der Waals surface area contributed by atoms with Crippen molar-refractivity contribution >= 4 is 47.4 Å². The number of para-hydroxylation sites is 2. The summed E-state index contributed by atoms with van der Waals surface area (Å²) in [5.41, 5.74) is 4.47. The SMILES string of the molecule is O=C(COc1ccccc1Cl)N/N=C/C=N/NC(=O)COc1ccccc1Cl. The van der Waals surface area contributed by atoms with E-state index in [1.807, 2.05) is 0 Å². The number of amides is 2. The molecule has 10 heteroatoms. The maximum atomic E-state index is 11.6. The molecular formula is C18H16Cl2N4O4. The van der Waals surface area contributed by atoms with Crippen LogP contribution in [0.5, 0.6) is 11.5 Å². The van der Waals surface area contributed by atoms with Crippen LogP contribution in [0.3, 0.4) is 0 Å². The molecule has 2 aromatic rings. The molecule has 0 aromatic heterocycles. The minimum atomic E-state index is -0.484. The van der Waals surface area contributed by atoms with E-state index in [1.165, 1.54) is 12.4 Å². The van der Waals surface area contributed by atoms with Gasteiger partial charge in [0.25, 0.3) is 11.8 Å². The van der Waals surface area contributed by atoms with Crippen molar-refractivity contribution in [2.24, 2.45) is 10.2 Å². The summed E-state index contributed by atoms with van der Waals surface area (Å²) in [6.07, 6.45) is 2.37. The lowest BCUT2D eigenvalue weighted by molar-refractivity contribution is -0.123. The maximum Gasteiger partial charge on any atom is 0.277 e. The van der Waals surface area contributed by atoms with Crippen LogP contribution in [0.25, 0.3) is 0 Å². The average Bonchev–Trinajstić information content (AvgIpc) is 2.69. The molecule has 0 aliphatic heterocycles. The Labute approximate surface area is 171 Å². The van der Waals surface area contributed by atoms with E-state index in [1.54, 1.807) is 48.5 Å². The van der Waals surface area contributed by atoms with Crippen molar-refractivity contribution in [1.29, 1.82) is 0 Å². The first-order valence-electron chi connectivity index (χ1n) is 7.93. The van der Waals surface area contributed by atoms with Crippen LogP contribution >= 0.6 is 23.2 Å². The average molecular weight is 423 g/mol. The Morgan fingerprint density at radius 3 is 1.57 bits per heavy atom.